The Morgan fingerprint density at radius 2 is 2.12 bits per heavy atom. The van der Waals surface area contributed by atoms with Crippen LogP contribution in [-0.2, 0) is 4.79 Å². The Morgan fingerprint density at radius 3 is 2.59 bits per heavy atom. The smallest absolute Gasteiger partial charge is 0.341 e. The van der Waals surface area contributed by atoms with Crippen LogP contribution in [0.2, 0.25) is 0 Å². The van der Waals surface area contributed by atoms with Crippen molar-refractivity contribution in [2.75, 3.05) is 6.61 Å². The van der Waals surface area contributed by atoms with Crippen LogP contribution in [0.4, 0.5) is 5.69 Å². The Labute approximate surface area is 96.4 Å². The Kier molecular flexibility index (Phi) is 4.16. The van der Waals surface area contributed by atoms with Crippen molar-refractivity contribution in [2.45, 2.75) is 6.92 Å². The van der Waals surface area contributed by atoms with Crippen molar-refractivity contribution >= 4 is 17.4 Å². The van der Waals surface area contributed by atoms with E-state index in [2.05, 4.69) is 0 Å². The lowest BCUT2D eigenvalue weighted by Gasteiger charge is -2.14. The van der Waals surface area contributed by atoms with Gasteiger partial charge in [-0.05, 0) is 13.0 Å². The molecule has 0 fully saturated rings. The first-order chi connectivity index (χ1) is 7.91. The molecule has 17 heavy (non-hydrogen) atoms. The monoisotopic (exact) mass is 241 g/mol. The number of Topliss-reactive ketones (excluding diaryl/α,β-unsaturated/α-hetero) is 1. The van der Waals surface area contributed by atoms with Gasteiger partial charge in [0.25, 0.3) is 0 Å². The second-order valence-corrected chi connectivity index (χ2v) is 3.25. The summed E-state index contributed by atoms with van der Waals surface area (Å²) in [7, 11) is 0. The molecule has 1 atom stereocenters. The van der Waals surface area contributed by atoms with Gasteiger partial charge >= 0.3 is 5.97 Å². The first-order valence-corrected chi connectivity index (χ1v) is 4.64. The molecule has 0 saturated carbocycles. The van der Waals surface area contributed by atoms with E-state index in [0.29, 0.717) is 0 Å². The number of aliphatic carboxylic acids is 1. The number of ketones is 1. The van der Waals surface area contributed by atoms with Crippen molar-refractivity contribution in [1.29, 1.82) is 0 Å². The van der Waals surface area contributed by atoms with Gasteiger partial charge in [-0.1, -0.05) is 0 Å². The highest BCUT2D eigenvalue weighted by Gasteiger charge is 2.13. The molecule has 7 heteroatoms. The topological polar surface area (TPSA) is 111 Å². The third-order valence-electron chi connectivity index (χ3n) is 1.96. The highest BCUT2D eigenvalue weighted by atomic mass is 16.8. The molecule has 1 aromatic rings. The molecule has 0 aliphatic carbocycles. The van der Waals surface area contributed by atoms with Gasteiger partial charge in [-0.25, -0.2) is 10.0 Å². The van der Waals surface area contributed by atoms with Crippen molar-refractivity contribution in [2.24, 2.45) is 0 Å². The summed E-state index contributed by atoms with van der Waals surface area (Å²) in [4.78, 5) is 21.6. The number of benzene rings is 1. The fourth-order valence-electron chi connectivity index (χ4n) is 1.20. The summed E-state index contributed by atoms with van der Waals surface area (Å²) in [5.74, 6) is -1.51. The first-order valence-electron chi connectivity index (χ1n) is 4.64. The molecule has 0 aliphatic heterocycles. The van der Waals surface area contributed by atoms with Gasteiger partial charge in [0.1, 0.15) is 5.75 Å². The van der Waals surface area contributed by atoms with Crippen molar-refractivity contribution in [3.8, 4) is 5.75 Å². The fraction of sp³-hybridized carbons (Fsp3) is 0.200. The van der Waals surface area contributed by atoms with E-state index in [4.69, 9.17) is 15.1 Å². The number of carbonyl (C=O) groups excluding carboxylic acids is 1. The fourth-order valence-corrected chi connectivity index (χ4v) is 1.20. The number of nitrogens with one attached hydrogen (secondary N) is 1. The number of hydrogen-bond acceptors (Lipinski definition) is 5. The standard InChI is InChI=1S/C10H11NO6/c1-6(12)8-4-7(11(15)16)2-3-9(8)17-5-10(13)14/h2-4,11,15H,5H2,1H3,(H,13,14). The van der Waals surface area contributed by atoms with Gasteiger partial charge in [0.05, 0.1) is 5.56 Å². The minimum atomic E-state index is -1.18. The Bertz CT molecular complexity index is 442. The molecule has 0 heterocycles. The third kappa shape index (κ3) is 3.52. The van der Waals surface area contributed by atoms with Crippen molar-refractivity contribution in [3.63, 3.8) is 0 Å². The van der Waals surface area contributed by atoms with E-state index >= 15 is 0 Å². The molecule has 0 radical (unpaired) electrons. The molecule has 0 aromatic heterocycles. The molecule has 1 aromatic carbocycles. The SMILES string of the molecule is CC(=O)c1cc([NH+]([O-])O)ccc1OCC(=O)O. The van der Waals surface area contributed by atoms with Gasteiger partial charge in [0.2, 0.25) is 0 Å². The van der Waals surface area contributed by atoms with Gasteiger partial charge in [-0.3, -0.25) is 4.79 Å². The van der Waals surface area contributed by atoms with Gasteiger partial charge in [-0.2, -0.15) is 5.23 Å². The van der Waals surface area contributed by atoms with Crippen molar-refractivity contribution in [1.82, 2.24) is 0 Å². The number of hydrogen-bond donors (Lipinski definition) is 3. The maximum atomic E-state index is 11.3. The summed E-state index contributed by atoms with van der Waals surface area (Å²) < 4.78 is 4.88. The molecule has 0 amide bonds. The normalized spacial score (nSPS) is 11.9. The molecule has 0 saturated heterocycles. The molecular formula is C10H11NO6. The first kappa shape index (κ1) is 13.1. The van der Waals surface area contributed by atoms with Gasteiger partial charge in [0.15, 0.2) is 18.1 Å². The van der Waals surface area contributed by atoms with Crippen LogP contribution in [-0.4, -0.2) is 28.7 Å². The van der Waals surface area contributed by atoms with E-state index in [9.17, 15) is 14.8 Å². The second-order valence-electron chi connectivity index (χ2n) is 3.25. The van der Waals surface area contributed by atoms with Gasteiger partial charge in [-0.15, -0.1) is 0 Å². The van der Waals surface area contributed by atoms with Crippen LogP contribution >= 0.6 is 0 Å². The summed E-state index contributed by atoms with van der Waals surface area (Å²) in [6, 6.07) is 3.66. The average Bonchev–Trinajstić information content (AvgIpc) is 2.25. The van der Waals surface area contributed by atoms with Crippen molar-refractivity contribution < 1.29 is 29.9 Å². The van der Waals surface area contributed by atoms with E-state index in [0.717, 1.165) is 6.07 Å². The number of carboxylic acids is 1. The van der Waals surface area contributed by atoms with Crippen LogP contribution in [0.25, 0.3) is 0 Å². The van der Waals surface area contributed by atoms with Crippen LogP contribution in [0.1, 0.15) is 17.3 Å². The average molecular weight is 241 g/mol. The van der Waals surface area contributed by atoms with Crippen LogP contribution in [0.15, 0.2) is 18.2 Å². The molecular weight excluding hydrogens is 230 g/mol. The molecule has 0 spiro atoms. The minimum Gasteiger partial charge on any atom is -0.595 e. The Morgan fingerprint density at radius 1 is 1.47 bits per heavy atom. The summed E-state index contributed by atoms with van der Waals surface area (Å²) >= 11 is 0. The van der Waals surface area contributed by atoms with Crippen molar-refractivity contribution in [3.05, 3.63) is 29.0 Å². The Hall–Kier alpha value is -1.96. The lowest BCUT2D eigenvalue weighted by Crippen LogP contribution is -2.99. The quantitative estimate of drug-likeness (QED) is 0.484. The van der Waals surface area contributed by atoms with Gasteiger partial charge < -0.3 is 15.1 Å². The van der Waals surface area contributed by atoms with Crippen LogP contribution in [0.3, 0.4) is 0 Å². The summed E-state index contributed by atoms with van der Waals surface area (Å²) in [5, 5.41) is 26.7. The third-order valence-corrected chi connectivity index (χ3v) is 1.96. The molecule has 92 valence electrons. The van der Waals surface area contributed by atoms with Gasteiger partial charge in [0, 0.05) is 12.1 Å². The predicted molar refractivity (Wildman–Crippen MR) is 55.4 cm³/mol. The molecule has 1 unspecified atom stereocenters. The predicted octanol–water partition coefficient (Wildman–Crippen LogP) is -0.244. The number of quaternary nitrogens is 1. The zero-order chi connectivity index (χ0) is 13.0. The molecule has 7 nitrogen and oxygen atoms in total. The van der Waals surface area contributed by atoms with Crippen LogP contribution in [0.5, 0.6) is 5.75 Å². The second kappa shape index (κ2) is 5.39. The molecule has 1 rings (SSSR count). The largest absolute Gasteiger partial charge is 0.595 e. The maximum Gasteiger partial charge on any atom is 0.341 e. The summed E-state index contributed by atoms with van der Waals surface area (Å²) in [5.41, 5.74) is -0.0102. The maximum absolute atomic E-state index is 11.3. The van der Waals surface area contributed by atoms with Crippen LogP contribution < -0.4 is 9.96 Å². The van der Waals surface area contributed by atoms with E-state index in [1.54, 1.807) is 0 Å². The molecule has 3 N–H and O–H groups in total. The highest BCUT2D eigenvalue weighted by Crippen LogP contribution is 2.21. The number of carbonyl (C=O) groups is 2. The lowest BCUT2D eigenvalue weighted by atomic mass is 10.1. The van der Waals surface area contributed by atoms with Crippen LogP contribution in [0, 0.1) is 5.21 Å². The Balaban J connectivity index is 3.04. The van der Waals surface area contributed by atoms with E-state index < -0.39 is 23.6 Å². The summed E-state index contributed by atoms with van der Waals surface area (Å²) in [6.45, 7) is 0.654. The van der Waals surface area contributed by atoms with E-state index in [-0.39, 0.29) is 17.0 Å². The van der Waals surface area contributed by atoms with E-state index in [1.165, 1.54) is 19.1 Å². The molecule has 0 aliphatic rings. The lowest BCUT2D eigenvalue weighted by molar-refractivity contribution is -0.991. The number of carboxylic acid groups (broad SMARTS) is 1. The number of rotatable bonds is 5. The highest BCUT2D eigenvalue weighted by molar-refractivity contribution is 5.97. The zero-order valence-electron chi connectivity index (χ0n) is 8.97. The minimum absolute atomic E-state index is 0.0474. The number of ether oxygens (including phenoxy) is 1. The van der Waals surface area contributed by atoms with E-state index in [1.807, 2.05) is 0 Å². The zero-order valence-corrected chi connectivity index (χ0v) is 8.97. The molecule has 0 bridgehead atoms. The summed E-state index contributed by atoms with van der Waals surface area (Å²) in [6.07, 6.45) is 0.